The standard InChI is InChI=1S/C36H24N4O/c1-4-15-32-24(9-1)18-19-25-20-21-26(41-35-17-5-6-22-37-35)23-33(25)40(32)34-16-8-14-31(38-34)29-12-7-11-28-27-10-2-3-13-30(27)39-36(28)29/h1-23,39H. The van der Waals surface area contributed by atoms with E-state index in [1.807, 2.05) is 24.3 Å². The number of H-pyrrole nitrogens is 1. The Morgan fingerprint density at radius 2 is 1.44 bits per heavy atom. The van der Waals surface area contributed by atoms with Crippen molar-refractivity contribution in [2.24, 2.45) is 0 Å². The molecule has 5 nitrogen and oxygen atoms in total. The Labute approximate surface area is 237 Å². The number of aromatic nitrogens is 3. The summed E-state index contributed by atoms with van der Waals surface area (Å²) in [6.45, 7) is 0. The van der Waals surface area contributed by atoms with Crippen LogP contribution in [0.2, 0.25) is 0 Å². The summed E-state index contributed by atoms with van der Waals surface area (Å²) >= 11 is 0. The van der Waals surface area contributed by atoms with Crippen LogP contribution in [-0.2, 0) is 0 Å². The summed E-state index contributed by atoms with van der Waals surface area (Å²) in [5, 5.41) is 2.40. The Morgan fingerprint density at radius 3 is 2.37 bits per heavy atom. The van der Waals surface area contributed by atoms with E-state index < -0.39 is 0 Å². The van der Waals surface area contributed by atoms with Gasteiger partial charge < -0.3 is 9.72 Å². The Bertz CT molecular complexity index is 2090. The molecule has 194 valence electrons. The van der Waals surface area contributed by atoms with Gasteiger partial charge in [-0.15, -0.1) is 0 Å². The van der Waals surface area contributed by atoms with Crippen molar-refractivity contribution in [3.63, 3.8) is 0 Å². The van der Waals surface area contributed by atoms with Crippen molar-refractivity contribution < 1.29 is 4.74 Å². The molecule has 0 aliphatic carbocycles. The van der Waals surface area contributed by atoms with Crippen LogP contribution < -0.4 is 9.64 Å². The lowest BCUT2D eigenvalue weighted by Gasteiger charge is -2.27. The van der Waals surface area contributed by atoms with Crippen LogP contribution in [0, 0.1) is 0 Å². The lowest BCUT2D eigenvalue weighted by molar-refractivity contribution is 0.463. The van der Waals surface area contributed by atoms with E-state index in [1.165, 1.54) is 10.8 Å². The van der Waals surface area contributed by atoms with Crippen LogP contribution in [-0.4, -0.2) is 15.0 Å². The topological polar surface area (TPSA) is 54.0 Å². The zero-order valence-corrected chi connectivity index (χ0v) is 22.0. The van der Waals surface area contributed by atoms with Crippen LogP contribution in [0.3, 0.4) is 0 Å². The minimum atomic E-state index is 0.551. The summed E-state index contributed by atoms with van der Waals surface area (Å²) in [5.74, 6) is 2.08. The van der Waals surface area contributed by atoms with E-state index in [4.69, 9.17) is 9.72 Å². The second-order valence-corrected chi connectivity index (χ2v) is 10.00. The first kappa shape index (κ1) is 23.2. The van der Waals surface area contributed by atoms with Gasteiger partial charge in [0.1, 0.15) is 11.6 Å². The second kappa shape index (κ2) is 9.50. The van der Waals surface area contributed by atoms with Gasteiger partial charge in [-0.3, -0.25) is 4.90 Å². The molecule has 0 fully saturated rings. The van der Waals surface area contributed by atoms with Crippen molar-refractivity contribution in [1.29, 1.82) is 0 Å². The molecule has 0 atom stereocenters. The molecule has 0 unspecified atom stereocenters. The van der Waals surface area contributed by atoms with Gasteiger partial charge in [0.25, 0.3) is 0 Å². The fraction of sp³-hybridized carbons (Fsp3) is 0. The van der Waals surface area contributed by atoms with Crippen LogP contribution in [0.15, 0.2) is 128 Å². The number of fused-ring (bicyclic) bond motifs is 5. The summed E-state index contributed by atoms with van der Waals surface area (Å²) in [5.41, 5.74) is 8.38. The molecule has 1 aliphatic heterocycles. The van der Waals surface area contributed by atoms with Crippen LogP contribution >= 0.6 is 0 Å². The van der Waals surface area contributed by atoms with Crippen molar-refractivity contribution in [3.8, 4) is 22.9 Å². The van der Waals surface area contributed by atoms with Gasteiger partial charge in [-0.05, 0) is 53.6 Å². The number of rotatable bonds is 4. The van der Waals surface area contributed by atoms with E-state index >= 15 is 0 Å². The van der Waals surface area contributed by atoms with Gasteiger partial charge in [0, 0.05) is 40.2 Å². The second-order valence-electron chi connectivity index (χ2n) is 10.00. The maximum absolute atomic E-state index is 6.14. The molecule has 0 amide bonds. The van der Waals surface area contributed by atoms with Gasteiger partial charge in [-0.25, -0.2) is 9.97 Å². The molecule has 5 heteroatoms. The molecule has 0 spiro atoms. The van der Waals surface area contributed by atoms with Gasteiger partial charge in [-0.2, -0.15) is 0 Å². The number of hydrogen-bond acceptors (Lipinski definition) is 4. The number of ether oxygens (including phenoxy) is 1. The summed E-state index contributed by atoms with van der Waals surface area (Å²) < 4.78 is 6.14. The number of para-hydroxylation sites is 3. The van der Waals surface area contributed by atoms with Crippen molar-refractivity contribution in [2.75, 3.05) is 4.90 Å². The third-order valence-electron chi connectivity index (χ3n) is 7.50. The van der Waals surface area contributed by atoms with Gasteiger partial charge >= 0.3 is 0 Å². The number of anilines is 3. The molecule has 0 radical (unpaired) electrons. The quantitative estimate of drug-likeness (QED) is 0.247. The van der Waals surface area contributed by atoms with Crippen LogP contribution in [0.1, 0.15) is 11.1 Å². The van der Waals surface area contributed by atoms with Gasteiger partial charge in [-0.1, -0.05) is 78.9 Å². The molecule has 7 aromatic rings. The molecule has 4 aromatic carbocycles. The zero-order chi connectivity index (χ0) is 27.2. The van der Waals surface area contributed by atoms with Gasteiger partial charge in [0.15, 0.2) is 0 Å². The van der Waals surface area contributed by atoms with E-state index in [9.17, 15) is 0 Å². The lowest BCUT2D eigenvalue weighted by atomic mass is 10.1. The average Bonchev–Trinajstić information content (AvgIpc) is 3.32. The first-order valence-electron chi connectivity index (χ1n) is 13.6. The van der Waals surface area contributed by atoms with E-state index in [0.29, 0.717) is 11.6 Å². The third-order valence-corrected chi connectivity index (χ3v) is 7.50. The fourth-order valence-corrected chi connectivity index (χ4v) is 5.62. The first-order valence-corrected chi connectivity index (χ1v) is 13.6. The summed E-state index contributed by atoms with van der Waals surface area (Å²) in [7, 11) is 0. The van der Waals surface area contributed by atoms with Crippen LogP contribution in [0.25, 0.3) is 45.2 Å². The Morgan fingerprint density at radius 1 is 0.634 bits per heavy atom. The summed E-state index contributed by atoms with van der Waals surface area (Å²) in [4.78, 5) is 15.4. The molecule has 1 aliphatic rings. The number of hydrogen-bond donors (Lipinski definition) is 1. The van der Waals surface area contributed by atoms with E-state index in [1.54, 1.807) is 6.20 Å². The molecule has 4 heterocycles. The van der Waals surface area contributed by atoms with E-state index in [0.717, 1.165) is 50.6 Å². The monoisotopic (exact) mass is 528 g/mol. The molecule has 0 saturated carbocycles. The minimum Gasteiger partial charge on any atom is -0.439 e. The van der Waals surface area contributed by atoms with E-state index in [-0.39, 0.29) is 0 Å². The van der Waals surface area contributed by atoms with Crippen LogP contribution in [0.4, 0.5) is 17.2 Å². The van der Waals surface area contributed by atoms with Crippen molar-refractivity contribution in [1.82, 2.24) is 15.0 Å². The molecule has 0 saturated heterocycles. The van der Waals surface area contributed by atoms with Gasteiger partial charge in [0.05, 0.1) is 22.6 Å². The molecule has 8 rings (SSSR count). The van der Waals surface area contributed by atoms with Gasteiger partial charge in [0.2, 0.25) is 5.88 Å². The number of aromatic amines is 1. The molecule has 1 N–H and O–H groups in total. The average molecular weight is 529 g/mol. The highest BCUT2D eigenvalue weighted by atomic mass is 16.5. The molecule has 0 bridgehead atoms. The predicted octanol–water partition coefficient (Wildman–Crippen LogP) is 9.52. The molecule has 3 aromatic heterocycles. The summed E-state index contributed by atoms with van der Waals surface area (Å²) in [6.07, 6.45) is 6.03. The third kappa shape index (κ3) is 4.03. The number of pyridine rings is 2. The molecular formula is C36H24N4O. The SMILES string of the molecule is C1=Cc2ccc(Oc3ccccn3)cc2N(c2cccc(-c3cccc4c3[nH]c3ccccc34)n2)c2ccccc21. The van der Waals surface area contributed by atoms with Crippen LogP contribution in [0.5, 0.6) is 11.6 Å². The predicted molar refractivity (Wildman–Crippen MR) is 167 cm³/mol. The highest BCUT2D eigenvalue weighted by molar-refractivity contribution is 6.11. The Hall–Kier alpha value is -5.68. The Kier molecular flexibility index (Phi) is 5.38. The molecule has 41 heavy (non-hydrogen) atoms. The number of nitrogens with one attached hydrogen (secondary N) is 1. The number of nitrogens with zero attached hydrogens (tertiary/aromatic N) is 3. The lowest BCUT2D eigenvalue weighted by Crippen LogP contribution is -2.13. The first-order chi connectivity index (χ1) is 20.3. The highest BCUT2D eigenvalue weighted by Gasteiger charge is 2.22. The van der Waals surface area contributed by atoms with Crippen molar-refractivity contribution in [2.45, 2.75) is 0 Å². The normalized spacial score (nSPS) is 12.2. The number of benzene rings is 4. The zero-order valence-electron chi connectivity index (χ0n) is 22.0. The smallest absolute Gasteiger partial charge is 0.219 e. The van der Waals surface area contributed by atoms with E-state index in [2.05, 4.69) is 124 Å². The largest absolute Gasteiger partial charge is 0.439 e. The highest BCUT2D eigenvalue weighted by Crippen LogP contribution is 2.43. The molecular weight excluding hydrogens is 504 g/mol. The minimum absolute atomic E-state index is 0.551. The fourth-order valence-electron chi connectivity index (χ4n) is 5.62. The maximum Gasteiger partial charge on any atom is 0.219 e. The van der Waals surface area contributed by atoms with Crippen molar-refractivity contribution in [3.05, 3.63) is 139 Å². The Balaban J connectivity index is 1.30. The van der Waals surface area contributed by atoms with Crippen molar-refractivity contribution >= 4 is 51.2 Å². The summed E-state index contributed by atoms with van der Waals surface area (Å²) in [6, 6.07) is 41.2. The maximum atomic E-state index is 6.14.